The molecule has 0 radical (unpaired) electrons. The summed E-state index contributed by atoms with van der Waals surface area (Å²) >= 11 is 5.90. The highest BCUT2D eigenvalue weighted by atomic mass is 35.5. The number of ether oxygens (including phenoxy) is 3. The van der Waals surface area contributed by atoms with Crippen LogP contribution in [0.2, 0.25) is 5.02 Å². The van der Waals surface area contributed by atoms with Crippen molar-refractivity contribution in [2.45, 2.75) is 49.9 Å². The minimum Gasteiger partial charge on any atom is -0.490 e. The summed E-state index contributed by atoms with van der Waals surface area (Å²) in [6.07, 6.45) is 1.04. The van der Waals surface area contributed by atoms with Gasteiger partial charge in [-0.25, -0.2) is 4.79 Å². The van der Waals surface area contributed by atoms with Gasteiger partial charge in [0.2, 0.25) is 0 Å². The van der Waals surface area contributed by atoms with E-state index in [1.807, 2.05) is 0 Å². The Morgan fingerprint density at radius 1 is 1.09 bits per heavy atom. The van der Waals surface area contributed by atoms with Crippen LogP contribution < -0.4 is 4.74 Å². The lowest BCUT2D eigenvalue weighted by atomic mass is 10.1. The lowest BCUT2D eigenvalue weighted by Crippen LogP contribution is -2.67. The molecule has 1 amide bonds. The van der Waals surface area contributed by atoms with Gasteiger partial charge in [-0.15, -0.1) is 0 Å². The van der Waals surface area contributed by atoms with Gasteiger partial charge in [0, 0.05) is 37.8 Å². The van der Waals surface area contributed by atoms with Crippen LogP contribution in [0.3, 0.4) is 0 Å². The third-order valence-electron chi connectivity index (χ3n) is 6.73. The number of carboxylic acids is 1. The van der Waals surface area contributed by atoms with Gasteiger partial charge in [0.1, 0.15) is 24.5 Å². The normalized spacial score (nSPS) is 26.0. The first-order valence-corrected chi connectivity index (χ1v) is 13.4. The standard InChI is InChI=1S/C22H30ClN3O8S/c1-32-12-13-33-22(29)26-16-4-7-19(26)20(21(27)28)25(14-16)35(30,31)24-10-8-18(9-11-24)34-17-5-2-15(23)3-6-17/h2-3,5-6,16,18-20H,4,7-14H2,1H3,(H,27,28)/t16-,19?,20?/m1/s1. The number of rotatable bonds is 8. The number of aliphatic carboxylic acids is 1. The van der Waals surface area contributed by atoms with Gasteiger partial charge in [0.15, 0.2) is 0 Å². The Hall–Kier alpha value is -2.12. The predicted molar refractivity (Wildman–Crippen MR) is 126 cm³/mol. The maximum absolute atomic E-state index is 13.5. The highest BCUT2D eigenvalue weighted by molar-refractivity contribution is 7.86. The van der Waals surface area contributed by atoms with E-state index in [1.165, 1.54) is 16.3 Å². The van der Waals surface area contributed by atoms with Crippen molar-refractivity contribution in [3.63, 3.8) is 0 Å². The van der Waals surface area contributed by atoms with Crippen LogP contribution in [0.25, 0.3) is 0 Å². The highest BCUT2D eigenvalue weighted by Gasteiger charge is 2.56. The summed E-state index contributed by atoms with van der Waals surface area (Å²) in [7, 11) is -2.58. The molecule has 0 spiro atoms. The highest BCUT2D eigenvalue weighted by Crippen LogP contribution is 2.37. The van der Waals surface area contributed by atoms with Gasteiger partial charge in [0.05, 0.1) is 12.6 Å². The van der Waals surface area contributed by atoms with Crippen LogP contribution in [0.15, 0.2) is 24.3 Å². The van der Waals surface area contributed by atoms with Crippen LogP contribution in [-0.4, -0.2) is 103 Å². The Morgan fingerprint density at radius 2 is 1.77 bits per heavy atom. The molecule has 3 aliphatic rings. The van der Waals surface area contributed by atoms with Gasteiger partial charge in [-0.05, 0) is 49.9 Å². The summed E-state index contributed by atoms with van der Waals surface area (Å²) in [6, 6.07) is 4.37. The number of amides is 1. The Morgan fingerprint density at radius 3 is 2.40 bits per heavy atom. The zero-order valence-electron chi connectivity index (χ0n) is 19.4. The first-order valence-electron chi connectivity index (χ1n) is 11.6. The molecule has 3 aliphatic heterocycles. The van der Waals surface area contributed by atoms with E-state index in [-0.39, 0.29) is 39.0 Å². The van der Waals surface area contributed by atoms with E-state index in [2.05, 4.69) is 0 Å². The number of piperazine rings is 1. The van der Waals surface area contributed by atoms with Gasteiger partial charge in [-0.2, -0.15) is 17.0 Å². The van der Waals surface area contributed by atoms with Gasteiger partial charge < -0.3 is 19.3 Å². The second kappa shape index (κ2) is 10.9. The number of nitrogens with zero attached hydrogens (tertiary/aromatic N) is 3. The van der Waals surface area contributed by atoms with E-state index in [0.717, 1.165) is 4.31 Å². The Bertz CT molecular complexity index is 1020. The molecular weight excluding hydrogens is 502 g/mol. The predicted octanol–water partition coefficient (Wildman–Crippen LogP) is 1.81. The number of carbonyl (C=O) groups excluding carboxylic acids is 1. The van der Waals surface area contributed by atoms with Gasteiger partial charge in [0.25, 0.3) is 10.2 Å². The third kappa shape index (κ3) is 5.51. The molecular formula is C22H30ClN3O8S. The van der Waals surface area contributed by atoms with Crippen molar-refractivity contribution in [3.8, 4) is 5.75 Å². The Kier molecular flexibility index (Phi) is 8.06. The zero-order chi connectivity index (χ0) is 25.2. The molecule has 13 heteroatoms. The fraction of sp³-hybridized carbons (Fsp3) is 0.636. The van der Waals surface area contributed by atoms with Crippen molar-refractivity contribution >= 4 is 33.9 Å². The molecule has 11 nitrogen and oxygen atoms in total. The number of fused-ring (bicyclic) bond motifs is 2. The first kappa shape index (κ1) is 26.0. The summed E-state index contributed by atoms with van der Waals surface area (Å²) in [4.78, 5) is 26.3. The maximum atomic E-state index is 13.5. The molecule has 2 unspecified atom stereocenters. The van der Waals surface area contributed by atoms with Crippen LogP contribution in [0.1, 0.15) is 25.7 Å². The van der Waals surface area contributed by atoms with Gasteiger partial charge in [-0.1, -0.05) is 11.6 Å². The summed E-state index contributed by atoms with van der Waals surface area (Å²) in [5.74, 6) is -0.624. The molecule has 1 aromatic carbocycles. The molecule has 4 rings (SSSR count). The fourth-order valence-electron chi connectivity index (χ4n) is 5.05. The lowest BCUT2D eigenvalue weighted by molar-refractivity contribution is -0.145. The van der Waals surface area contributed by atoms with E-state index in [1.54, 1.807) is 24.3 Å². The van der Waals surface area contributed by atoms with E-state index < -0.39 is 40.4 Å². The van der Waals surface area contributed by atoms with Crippen molar-refractivity contribution < 1.29 is 37.3 Å². The molecule has 35 heavy (non-hydrogen) atoms. The van der Waals surface area contributed by atoms with Crippen LogP contribution in [0.4, 0.5) is 4.79 Å². The number of methoxy groups -OCH3 is 1. The summed E-state index contributed by atoms with van der Waals surface area (Å²) in [6.45, 7) is 0.590. The van der Waals surface area contributed by atoms with Crippen molar-refractivity contribution in [1.82, 2.24) is 13.5 Å². The topological polar surface area (TPSA) is 126 Å². The van der Waals surface area contributed by atoms with Gasteiger partial charge in [-0.3, -0.25) is 9.69 Å². The van der Waals surface area contributed by atoms with E-state index in [4.69, 9.17) is 25.8 Å². The van der Waals surface area contributed by atoms with Gasteiger partial charge >= 0.3 is 12.1 Å². The largest absolute Gasteiger partial charge is 0.490 e. The number of carbonyl (C=O) groups is 2. The van der Waals surface area contributed by atoms with Crippen LogP contribution >= 0.6 is 11.6 Å². The second-order valence-electron chi connectivity index (χ2n) is 8.84. The summed E-state index contributed by atoms with van der Waals surface area (Å²) < 4.78 is 45.5. The fourth-order valence-corrected chi connectivity index (χ4v) is 7.02. The molecule has 0 aliphatic carbocycles. The number of hydrogen-bond acceptors (Lipinski definition) is 7. The number of piperidine rings is 1. The molecule has 3 saturated heterocycles. The first-order chi connectivity index (χ1) is 16.7. The number of hydrogen-bond donors (Lipinski definition) is 1. The average Bonchev–Trinajstić information content (AvgIpc) is 3.13. The summed E-state index contributed by atoms with van der Waals surface area (Å²) in [5.41, 5.74) is 0. The molecule has 0 aromatic heterocycles. The maximum Gasteiger partial charge on any atom is 0.410 e. The van der Waals surface area contributed by atoms with Crippen molar-refractivity contribution in [1.29, 1.82) is 0 Å². The molecule has 3 atom stereocenters. The quantitative estimate of drug-likeness (QED) is 0.503. The van der Waals surface area contributed by atoms with E-state index >= 15 is 0 Å². The van der Waals surface area contributed by atoms with Crippen LogP contribution in [0.5, 0.6) is 5.75 Å². The van der Waals surface area contributed by atoms with Crippen LogP contribution in [0, 0.1) is 0 Å². The summed E-state index contributed by atoms with van der Waals surface area (Å²) in [5, 5.41) is 10.6. The van der Waals surface area contributed by atoms with Crippen molar-refractivity contribution in [3.05, 3.63) is 29.3 Å². The molecule has 1 N–H and O–H groups in total. The number of halogens is 1. The lowest BCUT2D eigenvalue weighted by Gasteiger charge is -2.45. The SMILES string of the molecule is COCCOC(=O)N1C2CC[C@@H]1CN(S(=O)(=O)N1CCC(Oc3ccc(Cl)cc3)CC1)C2C(=O)O. The van der Waals surface area contributed by atoms with E-state index in [0.29, 0.717) is 36.5 Å². The molecule has 3 heterocycles. The van der Waals surface area contributed by atoms with Crippen LogP contribution in [-0.2, 0) is 24.5 Å². The van der Waals surface area contributed by atoms with E-state index in [9.17, 15) is 23.1 Å². The number of benzene rings is 1. The number of carboxylic acid groups (broad SMARTS) is 1. The molecule has 194 valence electrons. The minimum atomic E-state index is -4.06. The molecule has 0 saturated carbocycles. The molecule has 2 bridgehead atoms. The minimum absolute atomic E-state index is 0.0397. The molecule has 3 fully saturated rings. The smallest absolute Gasteiger partial charge is 0.410 e. The Labute approximate surface area is 209 Å². The second-order valence-corrected chi connectivity index (χ2v) is 11.2. The zero-order valence-corrected chi connectivity index (χ0v) is 21.0. The third-order valence-corrected chi connectivity index (χ3v) is 8.97. The monoisotopic (exact) mass is 531 g/mol. The van der Waals surface area contributed by atoms with Crippen molar-refractivity contribution in [2.75, 3.05) is 40.0 Å². The average molecular weight is 532 g/mol. The Balaban J connectivity index is 1.43. The van der Waals surface area contributed by atoms with Crippen molar-refractivity contribution in [2.24, 2.45) is 0 Å². The molecule has 1 aromatic rings.